The van der Waals surface area contributed by atoms with Crippen LogP contribution >= 0.6 is 11.3 Å². The summed E-state index contributed by atoms with van der Waals surface area (Å²) in [4.78, 5) is 34.5. The second-order valence-electron chi connectivity index (χ2n) is 7.67. The molecule has 7 heteroatoms. The number of ether oxygens (including phenoxy) is 1. The van der Waals surface area contributed by atoms with Crippen molar-refractivity contribution in [1.82, 2.24) is 14.8 Å². The Bertz CT molecular complexity index is 883. The summed E-state index contributed by atoms with van der Waals surface area (Å²) in [5.41, 5.74) is -0.401. The minimum Gasteiger partial charge on any atom is -0.371 e. The molecule has 1 amide bonds. The molecule has 2 aliphatic rings. The van der Waals surface area contributed by atoms with E-state index in [2.05, 4.69) is 28.9 Å². The number of H-pyrrole nitrogens is 1. The van der Waals surface area contributed by atoms with Crippen LogP contribution in [0.2, 0.25) is 0 Å². The van der Waals surface area contributed by atoms with Gasteiger partial charge in [-0.3, -0.25) is 14.5 Å². The van der Waals surface area contributed by atoms with Crippen LogP contribution < -0.4 is 5.56 Å². The summed E-state index contributed by atoms with van der Waals surface area (Å²) in [7, 11) is 0. The second-order valence-corrected chi connectivity index (χ2v) is 8.92. The number of thiophene rings is 1. The van der Waals surface area contributed by atoms with Gasteiger partial charge in [-0.1, -0.05) is 6.92 Å². The summed E-state index contributed by atoms with van der Waals surface area (Å²) < 4.78 is 6.17. The fourth-order valence-electron chi connectivity index (χ4n) is 4.12. The molecular weight excluding hydrogens is 374 g/mol. The van der Waals surface area contributed by atoms with Gasteiger partial charge in [0.15, 0.2) is 0 Å². The van der Waals surface area contributed by atoms with Crippen molar-refractivity contribution in [3.63, 3.8) is 0 Å². The van der Waals surface area contributed by atoms with Gasteiger partial charge >= 0.3 is 0 Å². The zero-order valence-electron chi connectivity index (χ0n) is 16.3. The van der Waals surface area contributed by atoms with E-state index in [0.717, 1.165) is 38.9 Å². The van der Waals surface area contributed by atoms with Crippen LogP contribution in [0.4, 0.5) is 0 Å². The van der Waals surface area contributed by atoms with E-state index in [0.29, 0.717) is 19.7 Å². The van der Waals surface area contributed by atoms with Crippen molar-refractivity contribution in [2.45, 2.75) is 38.3 Å². The molecule has 6 nitrogen and oxygen atoms in total. The number of amides is 1. The van der Waals surface area contributed by atoms with E-state index in [1.807, 2.05) is 11.3 Å². The van der Waals surface area contributed by atoms with Crippen LogP contribution in [0.15, 0.2) is 35.3 Å². The molecule has 2 saturated heterocycles. The molecule has 2 aromatic heterocycles. The number of carbonyl (C=O) groups is 1. The molecule has 0 atom stereocenters. The number of hydrogen-bond donors (Lipinski definition) is 1. The highest BCUT2D eigenvalue weighted by atomic mass is 32.1. The van der Waals surface area contributed by atoms with Crippen LogP contribution in [0, 0.1) is 0 Å². The minimum atomic E-state index is -0.328. The van der Waals surface area contributed by atoms with E-state index in [1.54, 1.807) is 23.2 Å². The fraction of sp³-hybridized carbons (Fsp3) is 0.524. The van der Waals surface area contributed by atoms with Gasteiger partial charge < -0.3 is 14.6 Å². The molecule has 150 valence electrons. The average molecular weight is 402 g/mol. The monoisotopic (exact) mass is 401 g/mol. The lowest BCUT2D eigenvalue weighted by Gasteiger charge is -2.47. The van der Waals surface area contributed by atoms with Crippen molar-refractivity contribution in [3.8, 4) is 0 Å². The second kappa shape index (κ2) is 8.19. The number of aromatic amines is 1. The highest BCUT2D eigenvalue weighted by molar-refractivity contribution is 7.11. The molecule has 4 heterocycles. The summed E-state index contributed by atoms with van der Waals surface area (Å²) >= 11 is 1.90. The van der Waals surface area contributed by atoms with Gasteiger partial charge in [0.2, 0.25) is 0 Å². The SMILES string of the molecule is CCc1ccc(CN2CCC3(CC2)CN(C(=O)c2ccc[nH]c2=O)CCO3)s1. The summed E-state index contributed by atoms with van der Waals surface area (Å²) in [5.74, 6) is -0.197. The number of carbonyl (C=O) groups excluding carboxylic acids is 1. The highest BCUT2D eigenvalue weighted by Gasteiger charge is 2.41. The van der Waals surface area contributed by atoms with Crippen molar-refractivity contribution in [2.24, 2.45) is 0 Å². The Balaban J connectivity index is 1.37. The Hall–Kier alpha value is -1.96. The molecule has 0 aliphatic carbocycles. The third-order valence-electron chi connectivity index (χ3n) is 5.80. The first-order chi connectivity index (χ1) is 13.6. The van der Waals surface area contributed by atoms with Gasteiger partial charge in [-0.25, -0.2) is 0 Å². The zero-order chi connectivity index (χ0) is 19.6. The fourth-order valence-corrected chi connectivity index (χ4v) is 5.12. The number of hydrogen-bond acceptors (Lipinski definition) is 5. The van der Waals surface area contributed by atoms with E-state index in [9.17, 15) is 9.59 Å². The Morgan fingerprint density at radius 1 is 1.21 bits per heavy atom. The Kier molecular flexibility index (Phi) is 5.66. The van der Waals surface area contributed by atoms with E-state index in [-0.39, 0.29) is 22.6 Å². The van der Waals surface area contributed by atoms with E-state index in [4.69, 9.17) is 4.74 Å². The van der Waals surface area contributed by atoms with Crippen LogP contribution in [0.3, 0.4) is 0 Å². The number of pyridine rings is 1. The van der Waals surface area contributed by atoms with E-state index < -0.39 is 0 Å². The number of rotatable bonds is 4. The van der Waals surface area contributed by atoms with Crippen LogP contribution in [0.25, 0.3) is 0 Å². The normalized spacial score (nSPS) is 19.8. The Morgan fingerprint density at radius 2 is 2.00 bits per heavy atom. The highest BCUT2D eigenvalue weighted by Crippen LogP contribution is 2.31. The van der Waals surface area contributed by atoms with Crippen LogP contribution in [-0.4, -0.2) is 59.1 Å². The van der Waals surface area contributed by atoms with Crippen LogP contribution in [0.5, 0.6) is 0 Å². The standard InChI is InChI=1S/C21H27N3O3S/c1-2-16-5-6-17(28-16)14-23-10-7-21(8-11-23)15-24(12-13-27-21)20(26)18-4-3-9-22-19(18)25/h3-6,9H,2,7-8,10-15H2,1H3,(H,22,25). The van der Waals surface area contributed by atoms with Crippen molar-refractivity contribution in [1.29, 1.82) is 0 Å². The van der Waals surface area contributed by atoms with Gasteiger partial charge in [-0.2, -0.15) is 0 Å². The van der Waals surface area contributed by atoms with Gasteiger partial charge in [-0.05, 0) is 43.5 Å². The summed E-state index contributed by atoms with van der Waals surface area (Å²) in [6, 6.07) is 7.75. The summed E-state index contributed by atoms with van der Waals surface area (Å²) in [6.45, 7) is 6.74. The van der Waals surface area contributed by atoms with E-state index >= 15 is 0 Å². The Morgan fingerprint density at radius 3 is 2.71 bits per heavy atom. The third-order valence-corrected chi connectivity index (χ3v) is 7.01. The number of likely N-dealkylation sites (tertiary alicyclic amines) is 1. The van der Waals surface area contributed by atoms with Gasteiger partial charge in [0, 0.05) is 42.1 Å². The predicted molar refractivity (Wildman–Crippen MR) is 110 cm³/mol. The smallest absolute Gasteiger partial charge is 0.260 e. The number of aromatic nitrogens is 1. The van der Waals surface area contributed by atoms with Crippen molar-refractivity contribution >= 4 is 17.2 Å². The molecule has 0 radical (unpaired) electrons. The van der Waals surface area contributed by atoms with Crippen LogP contribution in [0.1, 0.15) is 39.9 Å². The first-order valence-electron chi connectivity index (χ1n) is 9.99. The molecule has 28 heavy (non-hydrogen) atoms. The quantitative estimate of drug-likeness (QED) is 0.855. The summed E-state index contributed by atoms with van der Waals surface area (Å²) in [6.07, 6.45) is 4.46. The number of morpholine rings is 1. The lowest BCUT2D eigenvalue weighted by molar-refractivity contribution is -0.127. The molecule has 1 spiro atoms. The molecular formula is C21H27N3O3S. The lowest BCUT2D eigenvalue weighted by atomic mass is 9.89. The van der Waals surface area contributed by atoms with Crippen molar-refractivity contribution < 1.29 is 9.53 Å². The lowest BCUT2D eigenvalue weighted by Crippen LogP contribution is -2.58. The molecule has 2 aliphatic heterocycles. The van der Waals surface area contributed by atoms with Crippen LogP contribution in [-0.2, 0) is 17.7 Å². The molecule has 0 unspecified atom stereocenters. The van der Waals surface area contributed by atoms with Gasteiger partial charge in [0.25, 0.3) is 11.5 Å². The first-order valence-corrected chi connectivity index (χ1v) is 10.8. The molecule has 1 N–H and O–H groups in total. The van der Waals surface area contributed by atoms with Crippen molar-refractivity contribution in [3.05, 3.63) is 56.1 Å². The molecule has 0 aromatic carbocycles. The molecule has 2 fully saturated rings. The van der Waals surface area contributed by atoms with Crippen molar-refractivity contribution in [2.75, 3.05) is 32.8 Å². The van der Waals surface area contributed by atoms with E-state index in [1.165, 1.54) is 9.75 Å². The number of piperidine rings is 1. The van der Waals surface area contributed by atoms with Gasteiger partial charge in [0.1, 0.15) is 5.56 Å². The molecule has 0 saturated carbocycles. The average Bonchev–Trinajstić information content (AvgIpc) is 3.18. The number of nitrogens with zero attached hydrogens (tertiary/aromatic N) is 2. The minimum absolute atomic E-state index is 0.197. The number of aryl methyl sites for hydroxylation is 1. The largest absolute Gasteiger partial charge is 0.371 e. The maximum atomic E-state index is 12.8. The Labute approximate surface area is 169 Å². The molecule has 4 rings (SSSR count). The predicted octanol–water partition coefficient (Wildman–Crippen LogP) is 2.51. The van der Waals surface area contributed by atoms with Gasteiger partial charge in [0.05, 0.1) is 18.8 Å². The first kappa shape index (κ1) is 19.4. The zero-order valence-corrected chi connectivity index (χ0v) is 17.1. The number of nitrogens with one attached hydrogen (secondary N) is 1. The van der Waals surface area contributed by atoms with Gasteiger partial charge in [-0.15, -0.1) is 11.3 Å². The summed E-state index contributed by atoms with van der Waals surface area (Å²) in [5, 5.41) is 0. The molecule has 0 bridgehead atoms. The molecule has 2 aromatic rings. The topological polar surface area (TPSA) is 65.6 Å². The third kappa shape index (κ3) is 4.06. The maximum Gasteiger partial charge on any atom is 0.260 e. The maximum absolute atomic E-state index is 12.8.